The van der Waals surface area contributed by atoms with Gasteiger partial charge in [-0.05, 0) is 62.8 Å². The molecular formula is C21H28N2O4S. The van der Waals surface area contributed by atoms with Gasteiger partial charge in [0, 0.05) is 30.1 Å². The standard InChI is InChI=1S/C21H28N2O4S/c1-14-12-16-13-18(8-9-19(16)23(14)21(25)15-6-7-15)28(26,27)11-10-20(24)22-17-4-2-3-5-17/h8-9,13-15,17H,2-7,10-12H2,1H3,(H,22,24)/t14-/m0/s1. The molecule has 7 heteroatoms. The van der Waals surface area contributed by atoms with E-state index in [4.69, 9.17) is 0 Å². The lowest BCUT2D eigenvalue weighted by atomic mass is 10.1. The minimum absolute atomic E-state index is 0.0153. The van der Waals surface area contributed by atoms with Crippen molar-refractivity contribution in [2.45, 2.75) is 75.3 Å². The molecule has 1 aromatic rings. The van der Waals surface area contributed by atoms with Crippen molar-refractivity contribution in [2.75, 3.05) is 10.7 Å². The van der Waals surface area contributed by atoms with Crippen molar-refractivity contribution in [3.8, 4) is 0 Å². The number of hydrogen-bond donors (Lipinski definition) is 1. The Balaban J connectivity index is 1.43. The number of hydrogen-bond acceptors (Lipinski definition) is 4. The zero-order chi connectivity index (χ0) is 19.9. The number of anilines is 1. The number of amides is 2. The van der Waals surface area contributed by atoms with Crippen LogP contribution in [-0.4, -0.2) is 38.1 Å². The number of sulfone groups is 1. The number of nitrogens with zero attached hydrogens (tertiary/aromatic N) is 1. The van der Waals surface area contributed by atoms with E-state index in [1.165, 1.54) is 0 Å². The van der Waals surface area contributed by atoms with Crippen LogP contribution in [0.1, 0.15) is 57.4 Å². The first-order chi connectivity index (χ1) is 13.3. The molecule has 0 aromatic heterocycles. The molecule has 0 spiro atoms. The number of nitrogens with one attached hydrogen (secondary N) is 1. The van der Waals surface area contributed by atoms with Gasteiger partial charge in [0.25, 0.3) is 0 Å². The lowest BCUT2D eigenvalue weighted by Gasteiger charge is -2.22. The van der Waals surface area contributed by atoms with Gasteiger partial charge in [-0.3, -0.25) is 9.59 Å². The fraction of sp³-hybridized carbons (Fsp3) is 0.619. The van der Waals surface area contributed by atoms with Gasteiger partial charge in [-0.1, -0.05) is 12.8 Å². The molecule has 1 atom stereocenters. The fourth-order valence-corrected chi connectivity index (χ4v) is 5.67. The third kappa shape index (κ3) is 3.95. The average molecular weight is 405 g/mol. The maximum Gasteiger partial charge on any atom is 0.230 e. The molecule has 2 saturated carbocycles. The Labute approximate surface area is 166 Å². The molecule has 2 aliphatic carbocycles. The smallest absolute Gasteiger partial charge is 0.230 e. The van der Waals surface area contributed by atoms with Crippen LogP contribution in [0.3, 0.4) is 0 Å². The molecule has 28 heavy (non-hydrogen) atoms. The third-order valence-electron chi connectivity index (χ3n) is 6.11. The van der Waals surface area contributed by atoms with E-state index in [0.29, 0.717) is 6.42 Å². The monoisotopic (exact) mass is 404 g/mol. The lowest BCUT2D eigenvalue weighted by molar-refractivity contribution is -0.121. The lowest BCUT2D eigenvalue weighted by Crippen LogP contribution is -2.36. The van der Waals surface area contributed by atoms with E-state index in [1.54, 1.807) is 18.2 Å². The largest absolute Gasteiger partial charge is 0.353 e. The van der Waals surface area contributed by atoms with Gasteiger partial charge >= 0.3 is 0 Å². The molecule has 152 valence electrons. The summed E-state index contributed by atoms with van der Waals surface area (Å²) in [7, 11) is -3.53. The summed E-state index contributed by atoms with van der Waals surface area (Å²) in [5.74, 6) is -0.0861. The molecule has 1 N–H and O–H groups in total. The van der Waals surface area contributed by atoms with Crippen LogP contribution >= 0.6 is 0 Å². The van der Waals surface area contributed by atoms with Crippen LogP contribution in [-0.2, 0) is 25.8 Å². The van der Waals surface area contributed by atoms with Gasteiger partial charge in [-0.2, -0.15) is 0 Å². The van der Waals surface area contributed by atoms with Gasteiger partial charge in [0.1, 0.15) is 0 Å². The summed E-state index contributed by atoms with van der Waals surface area (Å²) >= 11 is 0. The van der Waals surface area contributed by atoms with E-state index in [-0.39, 0.29) is 46.9 Å². The minimum atomic E-state index is -3.53. The van der Waals surface area contributed by atoms with Gasteiger partial charge in [-0.15, -0.1) is 0 Å². The van der Waals surface area contributed by atoms with Crippen LogP contribution in [0.25, 0.3) is 0 Å². The highest BCUT2D eigenvalue weighted by atomic mass is 32.2. The molecule has 0 saturated heterocycles. The number of benzene rings is 1. The van der Waals surface area contributed by atoms with E-state index in [1.807, 2.05) is 11.8 Å². The van der Waals surface area contributed by atoms with Crippen LogP contribution < -0.4 is 10.2 Å². The van der Waals surface area contributed by atoms with Gasteiger partial charge in [-0.25, -0.2) is 8.42 Å². The first-order valence-electron chi connectivity index (χ1n) is 10.3. The predicted molar refractivity (Wildman–Crippen MR) is 107 cm³/mol. The van der Waals surface area contributed by atoms with Crippen LogP contribution in [0.4, 0.5) is 5.69 Å². The Kier molecular flexibility index (Phi) is 5.21. The molecule has 3 aliphatic rings. The second-order valence-corrected chi connectivity index (χ2v) is 10.6. The zero-order valence-corrected chi connectivity index (χ0v) is 17.1. The highest BCUT2D eigenvalue weighted by Crippen LogP contribution is 2.39. The van der Waals surface area contributed by atoms with Gasteiger partial charge < -0.3 is 10.2 Å². The molecule has 4 rings (SSSR count). The number of rotatable bonds is 6. The molecule has 1 heterocycles. The van der Waals surface area contributed by atoms with Gasteiger partial charge in [0.05, 0.1) is 10.6 Å². The SMILES string of the molecule is C[C@H]1Cc2cc(S(=O)(=O)CCC(=O)NC3CCCC3)ccc2N1C(=O)C1CC1. The summed E-state index contributed by atoms with van der Waals surface area (Å²) in [6.07, 6.45) is 6.76. The molecule has 0 radical (unpaired) electrons. The second-order valence-electron chi connectivity index (χ2n) is 8.44. The first kappa shape index (κ1) is 19.4. The number of carbonyl (C=O) groups is 2. The third-order valence-corrected chi connectivity index (χ3v) is 7.82. The van der Waals surface area contributed by atoms with Crippen LogP contribution in [0, 0.1) is 5.92 Å². The Hall–Kier alpha value is -1.89. The van der Waals surface area contributed by atoms with E-state index in [9.17, 15) is 18.0 Å². The topological polar surface area (TPSA) is 83.6 Å². The molecular weight excluding hydrogens is 376 g/mol. The van der Waals surface area contributed by atoms with Crippen molar-refractivity contribution in [3.63, 3.8) is 0 Å². The van der Waals surface area contributed by atoms with Gasteiger partial charge in [0.15, 0.2) is 9.84 Å². The Morgan fingerprint density at radius 1 is 1.14 bits per heavy atom. The minimum Gasteiger partial charge on any atom is -0.353 e. The molecule has 1 aromatic carbocycles. The van der Waals surface area contributed by atoms with E-state index >= 15 is 0 Å². The second kappa shape index (κ2) is 7.50. The summed E-state index contributed by atoms with van der Waals surface area (Å²) in [5.41, 5.74) is 1.74. The highest BCUT2D eigenvalue weighted by molar-refractivity contribution is 7.91. The van der Waals surface area contributed by atoms with Gasteiger partial charge in [0.2, 0.25) is 11.8 Å². The predicted octanol–water partition coefficient (Wildman–Crippen LogP) is 2.60. The normalized spacial score (nSPS) is 22.3. The summed E-state index contributed by atoms with van der Waals surface area (Å²) in [6, 6.07) is 5.28. The Morgan fingerprint density at radius 3 is 2.54 bits per heavy atom. The van der Waals surface area contributed by atoms with E-state index in [2.05, 4.69) is 5.32 Å². The van der Waals surface area contributed by atoms with Crippen LogP contribution in [0.5, 0.6) is 0 Å². The first-order valence-corrected chi connectivity index (χ1v) is 12.0. The number of carbonyl (C=O) groups excluding carboxylic acids is 2. The molecule has 0 unspecified atom stereocenters. The number of fused-ring (bicyclic) bond motifs is 1. The summed E-state index contributed by atoms with van der Waals surface area (Å²) in [6.45, 7) is 2.00. The van der Waals surface area contributed by atoms with Crippen LogP contribution in [0.15, 0.2) is 23.1 Å². The molecule has 0 bridgehead atoms. The zero-order valence-electron chi connectivity index (χ0n) is 16.3. The van der Waals surface area contributed by atoms with Crippen molar-refractivity contribution in [1.29, 1.82) is 0 Å². The molecule has 2 amide bonds. The van der Waals surface area contributed by atoms with Crippen molar-refractivity contribution < 1.29 is 18.0 Å². The molecule has 1 aliphatic heterocycles. The maximum absolute atomic E-state index is 12.7. The summed E-state index contributed by atoms with van der Waals surface area (Å²) < 4.78 is 25.5. The van der Waals surface area contributed by atoms with E-state index < -0.39 is 9.84 Å². The van der Waals surface area contributed by atoms with Crippen molar-refractivity contribution in [3.05, 3.63) is 23.8 Å². The summed E-state index contributed by atoms with van der Waals surface area (Å²) in [5, 5.41) is 2.94. The Morgan fingerprint density at radius 2 is 1.86 bits per heavy atom. The average Bonchev–Trinajstić information content (AvgIpc) is 3.29. The summed E-state index contributed by atoms with van der Waals surface area (Å²) in [4.78, 5) is 26.7. The van der Waals surface area contributed by atoms with Crippen molar-refractivity contribution >= 4 is 27.3 Å². The van der Waals surface area contributed by atoms with Crippen LogP contribution in [0.2, 0.25) is 0 Å². The maximum atomic E-state index is 12.7. The van der Waals surface area contributed by atoms with Crippen molar-refractivity contribution in [2.24, 2.45) is 5.92 Å². The van der Waals surface area contributed by atoms with Crippen molar-refractivity contribution in [1.82, 2.24) is 5.32 Å². The fourth-order valence-electron chi connectivity index (χ4n) is 4.38. The Bertz CT molecular complexity index is 886. The quantitative estimate of drug-likeness (QED) is 0.790. The highest BCUT2D eigenvalue weighted by Gasteiger charge is 2.39. The molecule has 6 nitrogen and oxygen atoms in total. The molecule has 2 fully saturated rings. The van der Waals surface area contributed by atoms with E-state index in [0.717, 1.165) is 49.8 Å².